The van der Waals surface area contributed by atoms with E-state index in [1.54, 1.807) is 36.4 Å². The average Bonchev–Trinajstić information content (AvgIpc) is 2.65. The fourth-order valence-electron chi connectivity index (χ4n) is 2.42. The molecule has 0 atom stereocenters. The van der Waals surface area contributed by atoms with E-state index in [0.717, 1.165) is 5.56 Å². The number of anilines is 1. The van der Waals surface area contributed by atoms with Gasteiger partial charge in [-0.3, -0.25) is 9.59 Å². The van der Waals surface area contributed by atoms with Crippen molar-refractivity contribution in [2.24, 2.45) is 0 Å². The summed E-state index contributed by atoms with van der Waals surface area (Å²) >= 11 is 0. The van der Waals surface area contributed by atoms with Gasteiger partial charge in [0, 0.05) is 11.8 Å². The quantitative estimate of drug-likeness (QED) is 0.659. The molecule has 0 saturated heterocycles. The molecule has 0 bridgehead atoms. The van der Waals surface area contributed by atoms with Crippen molar-refractivity contribution in [3.63, 3.8) is 0 Å². The Kier molecular flexibility index (Phi) is 5.56. The Bertz CT molecular complexity index is 954. The summed E-state index contributed by atoms with van der Waals surface area (Å²) in [4.78, 5) is 27.8. The number of Topliss-reactive ketones (excluding diaryl/α,β-unsaturated/α-hetero) is 1. The van der Waals surface area contributed by atoms with Crippen molar-refractivity contribution < 1.29 is 18.7 Å². The molecule has 6 heteroatoms. The average molecular weight is 364 g/mol. The van der Waals surface area contributed by atoms with Crippen molar-refractivity contribution in [2.45, 2.75) is 13.3 Å². The van der Waals surface area contributed by atoms with Crippen LogP contribution in [0.3, 0.4) is 0 Å². The van der Waals surface area contributed by atoms with Gasteiger partial charge < -0.3 is 10.1 Å². The van der Waals surface area contributed by atoms with Crippen LogP contribution in [0, 0.1) is 5.82 Å². The van der Waals surface area contributed by atoms with Crippen molar-refractivity contribution >= 4 is 17.4 Å². The zero-order valence-electron chi connectivity index (χ0n) is 14.6. The number of rotatable bonds is 6. The van der Waals surface area contributed by atoms with Gasteiger partial charge in [-0.2, -0.15) is 0 Å². The summed E-state index contributed by atoms with van der Waals surface area (Å²) in [5, 5.41) is 2.76. The molecule has 3 aromatic rings. The summed E-state index contributed by atoms with van der Waals surface area (Å²) in [5.41, 5.74) is 1.79. The second-order valence-corrected chi connectivity index (χ2v) is 5.89. The minimum atomic E-state index is -0.368. The number of ether oxygens (including phenoxy) is 1. The maximum Gasteiger partial charge on any atom is 0.243 e. The zero-order chi connectivity index (χ0) is 19.2. The van der Waals surface area contributed by atoms with E-state index < -0.39 is 0 Å². The first-order valence-corrected chi connectivity index (χ1v) is 8.29. The third-order valence-electron chi connectivity index (χ3n) is 3.80. The normalized spacial score (nSPS) is 10.3. The summed E-state index contributed by atoms with van der Waals surface area (Å²) in [6.07, 6.45) is 1.68. The standard InChI is InChI=1S/C21H17FN2O3/c1-14(25)16-6-4-15(5-7-16)13-20(26)24-19-3-2-12-23-21(19)27-18-10-8-17(22)9-11-18/h2-12H,13H2,1H3,(H,24,26). The van der Waals surface area contributed by atoms with Gasteiger partial charge in [-0.05, 0) is 48.9 Å². The molecule has 0 aliphatic heterocycles. The van der Waals surface area contributed by atoms with Gasteiger partial charge in [0.1, 0.15) is 17.3 Å². The molecule has 1 heterocycles. The Morgan fingerprint density at radius 2 is 1.74 bits per heavy atom. The second-order valence-electron chi connectivity index (χ2n) is 5.89. The molecule has 0 aliphatic rings. The number of nitrogens with one attached hydrogen (secondary N) is 1. The van der Waals surface area contributed by atoms with Crippen molar-refractivity contribution in [1.82, 2.24) is 4.98 Å². The number of hydrogen-bond acceptors (Lipinski definition) is 4. The number of halogens is 1. The predicted octanol–water partition coefficient (Wildman–Crippen LogP) is 4.40. The van der Waals surface area contributed by atoms with Crippen LogP contribution in [0.2, 0.25) is 0 Å². The second kappa shape index (κ2) is 8.23. The van der Waals surface area contributed by atoms with Crippen LogP contribution in [0.1, 0.15) is 22.8 Å². The maximum absolute atomic E-state index is 13.0. The van der Waals surface area contributed by atoms with Crippen LogP contribution in [-0.4, -0.2) is 16.7 Å². The first kappa shape index (κ1) is 18.3. The van der Waals surface area contributed by atoms with Gasteiger partial charge in [0.05, 0.1) is 6.42 Å². The van der Waals surface area contributed by atoms with E-state index in [2.05, 4.69) is 10.3 Å². The number of benzene rings is 2. The summed E-state index contributed by atoms with van der Waals surface area (Å²) in [5.74, 6) is -0.0195. The smallest absolute Gasteiger partial charge is 0.243 e. The third-order valence-corrected chi connectivity index (χ3v) is 3.80. The van der Waals surface area contributed by atoms with Gasteiger partial charge in [-0.15, -0.1) is 0 Å². The SMILES string of the molecule is CC(=O)c1ccc(CC(=O)Nc2cccnc2Oc2ccc(F)cc2)cc1. The van der Waals surface area contributed by atoms with Gasteiger partial charge in [-0.25, -0.2) is 9.37 Å². The molecule has 0 radical (unpaired) electrons. The highest BCUT2D eigenvalue weighted by atomic mass is 19.1. The van der Waals surface area contributed by atoms with Gasteiger partial charge in [0.15, 0.2) is 5.78 Å². The fourth-order valence-corrected chi connectivity index (χ4v) is 2.42. The van der Waals surface area contributed by atoms with E-state index in [0.29, 0.717) is 17.0 Å². The highest BCUT2D eigenvalue weighted by Crippen LogP contribution is 2.27. The Morgan fingerprint density at radius 1 is 1.04 bits per heavy atom. The van der Waals surface area contributed by atoms with Crippen LogP contribution in [0.4, 0.5) is 10.1 Å². The minimum Gasteiger partial charge on any atom is -0.437 e. The highest BCUT2D eigenvalue weighted by molar-refractivity contribution is 5.95. The summed E-state index contributed by atoms with van der Waals surface area (Å²) < 4.78 is 18.6. The monoisotopic (exact) mass is 364 g/mol. The number of carbonyl (C=O) groups is 2. The molecule has 1 N–H and O–H groups in total. The maximum atomic E-state index is 13.0. The Hall–Kier alpha value is -3.54. The molecule has 0 unspecified atom stereocenters. The van der Waals surface area contributed by atoms with Crippen LogP contribution >= 0.6 is 0 Å². The largest absolute Gasteiger partial charge is 0.437 e. The zero-order valence-corrected chi connectivity index (χ0v) is 14.6. The van der Waals surface area contributed by atoms with E-state index >= 15 is 0 Å². The molecule has 1 aromatic heterocycles. The number of carbonyl (C=O) groups excluding carboxylic acids is 2. The number of hydrogen-bond donors (Lipinski definition) is 1. The molecule has 2 aromatic carbocycles. The fraction of sp³-hybridized carbons (Fsp3) is 0.0952. The molecule has 3 rings (SSSR count). The molecule has 5 nitrogen and oxygen atoms in total. The minimum absolute atomic E-state index is 0.0241. The van der Waals surface area contributed by atoms with Crippen LogP contribution in [-0.2, 0) is 11.2 Å². The molecule has 0 fully saturated rings. The topological polar surface area (TPSA) is 68.3 Å². The van der Waals surface area contributed by atoms with Gasteiger partial charge >= 0.3 is 0 Å². The lowest BCUT2D eigenvalue weighted by Gasteiger charge is -2.11. The van der Waals surface area contributed by atoms with Crippen molar-refractivity contribution in [3.05, 3.63) is 83.8 Å². The number of pyridine rings is 1. The van der Waals surface area contributed by atoms with Crippen LogP contribution in [0.15, 0.2) is 66.9 Å². The van der Waals surface area contributed by atoms with Gasteiger partial charge in [0.25, 0.3) is 0 Å². The molecule has 1 amide bonds. The lowest BCUT2D eigenvalue weighted by molar-refractivity contribution is -0.115. The van der Waals surface area contributed by atoms with E-state index in [-0.39, 0.29) is 29.8 Å². The summed E-state index contributed by atoms with van der Waals surface area (Å²) in [6, 6.07) is 15.7. The molecular formula is C21H17FN2O3. The lowest BCUT2D eigenvalue weighted by atomic mass is 10.1. The molecule has 0 aliphatic carbocycles. The van der Waals surface area contributed by atoms with Gasteiger partial charge in [-0.1, -0.05) is 24.3 Å². The first-order valence-electron chi connectivity index (χ1n) is 8.29. The number of nitrogens with zero attached hydrogens (tertiary/aromatic N) is 1. The van der Waals surface area contributed by atoms with Crippen molar-refractivity contribution in [2.75, 3.05) is 5.32 Å². The molecule has 27 heavy (non-hydrogen) atoms. The van der Waals surface area contributed by atoms with Crippen LogP contribution in [0.5, 0.6) is 11.6 Å². The highest BCUT2D eigenvalue weighted by Gasteiger charge is 2.11. The summed E-state index contributed by atoms with van der Waals surface area (Å²) in [7, 11) is 0. The van der Waals surface area contributed by atoms with Crippen molar-refractivity contribution in [3.8, 4) is 11.6 Å². The van der Waals surface area contributed by atoms with Gasteiger partial charge in [0.2, 0.25) is 11.8 Å². The Balaban J connectivity index is 1.68. The molecular weight excluding hydrogens is 347 g/mol. The van der Waals surface area contributed by atoms with E-state index in [1.807, 2.05) is 0 Å². The van der Waals surface area contributed by atoms with Crippen LogP contribution < -0.4 is 10.1 Å². The van der Waals surface area contributed by atoms with E-state index in [4.69, 9.17) is 4.74 Å². The predicted molar refractivity (Wildman–Crippen MR) is 99.5 cm³/mol. The Labute approximate surface area is 155 Å². The van der Waals surface area contributed by atoms with E-state index in [1.165, 1.54) is 37.4 Å². The molecule has 0 spiro atoms. The Morgan fingerprint density at radius 3 is 2.41 bits per heavy atom. The lowest BCUT2D eigenvalue weighted by Crippen LogP contribution is -2.15. The number of aromatic nitrogens is 1. The van der Waals surface area contributed by atoms with Crippen LogP contribution in [0.25, 0.3) is 0 Å². The van der Waals surface area contributed by atoms with E-state index in [9.17, 15) is 14.0 Å². The third kappa shape index (κ3) is 4.98. The molecule has 136 valence electrons. The van der Waals surface area contributed by atoms with Crippen molar-refractivity contribution in [1.29, 1.82) is 0 Å². The molecule has 0 saturated carbocycles. The number of ketones is 1. The summed E-state index contributed by atoms with van der Waals surface area (Å²) in [6.45, 7) is 1.49. The first-order chi connectivity index (χ1) is 13.0. The number of amides is 1.